The smallest absolute Gasteiger partial charge is 0.230 e. The zero-order chi connectivity index (χ0) is 12.0. The van der Waals surface area contributed by atoms with E-state index in [1.54, 1.807) is 0 Å². The molecule has 3 rings (SSSR count). The molecule has 3 atom stereocenters. The summed E-state index contributed by atoms with van der Waals surface area (Å²) in [4.78, 5) is 27.5. The monoisotopic (exact) mass is 236 g/mol. The molecule has 0 radical (unpaired) electrons. The maximum Gasteiger partial charge on any atom is 0.230 e. The normalized spacial score (nSPS) is 38.9. The van der Waals surface area contributed by atoms with Crippen LogP contribution in [0.1, 0.15) is 38.5 Å². The number of hydrogen-bond acceptors (Lipinski definition) is 3. The van der Waals surface area contributed by atoms with E-state index in [4.69, 9.17) is 0 Å². The fourth-order valence-electron chi connectivity index (χ4n) is 3.78. The molecule has 2 bridgehead atoms. The molecular formula is C13H20N2O2. The molecule has 3 heterocycles. The number of hydrogen-bond donors (Lipinski definition) is 0. The molecule has 1 unspecified atom stereocenters. The Labute approximate surface area is 102 Å². The van der Waals surface area contributed by atoms with Crippen molar-refractivity contribution in [2.24, 2.45) is 0 Å². The average Bonchev–Trinajstić information content (AvgIpc) is 2.57. The van der Waals surface area contributed by atoms with Gasteiger partial charge in [0.2, 0.25) is 5.91 Å². The lowest BCUT2D eigenvalue weighted by molar-refractivity contribution is -0.131. The second-order valence-electron chi connectivity index (χ2n) is 5.77. The molecule has 17 heavy (non-hydrogen) atoms. The largest absolute Gasteiger partial charge is 0.332 e. The summed E-state index contributed by atoms with van der Waals surface area (Å²) in [6.45, 7) is 0.368. The number of rotatable bonds is 1. The molecule has 0 spiro atoms. The summed E-state index contributed by atoms with van der Waals surface area (Å²) in [5.41, 5.74) is 0. The highest BCUT2D eigenvalue weighted by Gasteiger charge is 2.41. The van der Waals surface area contributed by atoms with Crippen molar-refractivity contribution in [3.05, 3.63) is 0 Å². The van der Waals surface area contributed by atoms with E-state index in [9.17, 15) is 9.59 Å². The second kappa shape index (κ2) is 4.09. The molecule has 3 fully saturated rings. The van der Waals surface area contributed by atoms with Gasteiger partial charge in [-0.3, -0.25) is 9.59 Å². The van der Waals surface area contributed by atoms with E-state index < -0.39 is 0 Å². The fourth-order valence-corrected chi connectivity index (χ4v) is 3.78. The van der Waals surface area contributed by atoms with Crippen LogP contribution in [0.2, 0.25) is 0 Å². The number of carbonyl (C=O) groups excluding carboxylic acids is 2. The standard InChI is InChI=1S/C13H20N2O2/c1-14-9-3-2-4-10(14)6-11(5-9)15-8-12(16)7-13(15)17/h9-11H,2-8H2,1H3/t9-,10+,11?. The minimum Gasteiger partial charge on any atom is -0.332 e. The van der Waals surface area contributed by atoms with Crippen molar-refractivity contribution in [3.8, 4) is 0 Å². The first-order valence-corrected chi connectivity index (χ1v) is 6.68. The Morgan fingerprint density at radius 1 is 1.06 bits per heavy atom. The Bertz CT molecular complexity index is 341. The molecule has 0 aromatic carbocycles. The highest BCUT2D eigenvalue weighted by molar-refractivity contribution is 6.05. The van der Waals surface area contributed by atoms with E-state index in [0.717, 1.165) is 12.8 Å². The van der Waals surface area contributed by atoms with Gasteiger partial charge < -0.3 is 9.80 Å². The van der Waals surface area contributed by atoms with E-state index in [-0.39, 0.29) is 18.1 Å². The minimum atomic E-state index is 0.0580. The summed E-state index contributed by atoms with van der Waals surface area (Å²) in [5, 5.41) is 0. The minimum absolute atomic E-state index is 0.0580. The van der Waals surface area contributed by atoms with Crippen molar-refractivity contribution >= 4 is 11.7 Å². The molecule has 1 amide bonds. The van der Waals surface area contributed by atoms with Crippen LogP contribution >= 0.6 is 0 Å². The number of carbonyl (C=O) groups is 2. The van der Waals surface area contributed by atoms with Crippen molar-refractivity contribution in [2.45, 2.75) is 56.7 Å². The molecule has 94 valence electrons. The Kier molecular flexibility index (Phi) is 2.69. The number of fused-ring (bicyclic) bond motifs is 2. The highest BCUT2D eigenvalue weighted by Crippen LogP contribution is 2.35. The number of nitrogens with zero attached hydrogens (tertiary/aromatic N) is 2. The predicted molar refractivity (Wildman–Crippen MR) is 63.5 cm³/mol. The van der Waals surface area contributed by atoms with Crippen LogP contribution in [0, 0.1) is 0 Å². The van der Waals surface area contributed by atoms with Crippen LogP contribution in [-0.4, -0.2) is 53.2 Å². The van der Waals surface area contributed by atoms with Gasteiger partial charge in [0, 0.05) is 18.1 Å². The number of ketones is 1. The van der Waals surface area contributed by atoms with E-state index in [1.165, 1.54) is 19.3 Å². The van der Waals surface area contributed by atoms with Gasteiger partial charge in [-0.1, -0.05) is 6.42 Å². The van der Waals surface area contributed by atoms with E-state index in [0.29, 0.717) is 24.7 Å². The van der Waals surface area contributed by atoms with Crippen molar-refractivity contribution in [3.63, 3.8) is 0 Å². The third-order valence-electron chi connectivity index (χ3n) is 4.77. The SMILES string of the molecule is CN1[C@@H]2CCC[C@H]1CC(N1CC(=O)CC1=O)C2. The maximum absolute atomic E-state index is 11.8. The van der Waals surface area contributed by atoms with Gasteiger partial charge in [0.25, 0.3) is 0 Å². The first-order chi connectivity index (χ1) is 8.15. The Morgan fingerprint density at radius 2 is 1.71 bits per heavy atom. The number of likely N-dealkylation sites (tertiary alicyclic amines) is 1. The predicted octanol–water partition coefficient (Wildman–Crippen LogP) is 0.803. The topological polar surface area (TPSA) is 40.6 Å². The number of piperidine rings is 2. The first-order valence-electron chi connectivity index (χ1n) is 6.68. The first kappa shape index (κ1) is 11.2. The van der Waals surface area contributed by atoms with Gasteiger partial charge in [0.05, 0.1) is 13.0 Å². The lowest BCUT2D eigenvalue weighted by atomic mass is 9.82. The Balaban J connectivity index is 1.73. The molecular weight excluding hydrogens is 216 g/mol. The van der Waals surface area contributed by atoms with Gasteiger partial charge in [-0.05, 0) is 32.7 Å². The molecule has 4 heteroatoms. The Hall–Kier alpha value is -0.900. The quantitative estimate of drug-likeness (QED) is 0.632. The summed E-state index contributed by atoms with van der Waals surface area (Å²) in [6.07, 6.45) is 6.08. The van der Waals surface area contributed by atoms with Crippen LogP contribution in [0.4, 0.5) is 0 Å². The summed E-state index contributed by atoms with van der Waals surface area (Å²) in [6, 6.07) is 1.56. The van der Waals surface area contributed by atoms with Crippen LogP contribution in [-0.2, 0) is 9.59 Å². The third-order valence-corrected chi connectivity index (χ3v) is 4.77. The molecule has 0 aromatic rings. The van der Waals surface area contributed by atoms with Gasteiger partial charge in [-0.25, -0.2) is 0 Å². The summed E-state index contributed by atoms with van der Waals surface area (Å²) in [5.74, 6) is 0.154. The van der Waals surface area contributed by atoms with Gasteiger partial charge >= 0.3 is 0 Å². The molecule has 0 aromatic heterocycles. The molecule has 0 aliphatic carbocycles. The zero-order valence-electron chi connectivity index (χ0n) is 10.4. The molecule has 3 saturated heterocycles. The van der Waals surface area contributed by atoms with E-state index >= 15 is 0 Å². The van der Waals surface area contributed by atoms with Crippen LogP contribution in [0.3, 0.4) is 0 Å². The highest BCUT2D eigenvalue weighted by atomic mass is 16.2. The molecule has 3 aliphatic rings. The summed E-state index contributed by atoms with van der Waals surface area (Å²) >= 11 is 0. The third kappa shape index (κ3) is 1.88. The fraction of sp³-hybridized carbons (Fsp3) is 0.846. The Morgan fingerprint density at radius 3 is 2.24 bits per heavy atom. The van der Waals surface area contributed by atoms with Crippen LogP contribution in [0.15, 0.2) is 0 Å². The maximum atomic E-state index is 11.8. The van der Waals surface area contributed by atoms with Gasteiger partial charge in [0.1, 0.15) is 0 Å². The van der Waals surface area contributed by atoms with Crippen LogP contribution in [0.25, 0.3) is 0 Å². The zero-order valence-corrected chi connectivity index (χ0v) is 10.4. The lowest BCUT2D eigenvalue weighted by Gasteiger charge is -2.49. The van der Waals surface area contributed by atoms with Gasteiger partial charge in [0.15, 0.2) is 5.78 Å². The second-order valence-corrected chi connectivity index (χ2v) is 5.77. The van der Waals surface area contributed by atoms with Crippen LogP contribution in [0.5, 0.6) is 0 Å². The van der Waals surface area contributed by atoms with Crippen molar-refractivity contribution in [1.82, 2.24) is 9.80 Å². The molecule has 4 nitrogen and oxygen atoms in total. The van der Waals surface area contributed by atoms with Gasteiger partial charge in [-0.15, -0.1) is 0 Å². The van der Waals surface area contributed by atoms with Crippen molar-refractivity contribution < 1.29 is 9.59 Å². The van der Waals surface area contributed by atoms with Crippen molar-refractivity contribution in [1.29, 1.82) is 0 Å². The van der Waals surface area contributed by atoms with E-state index in [1.807, 2.05) is 4.90 Å². The number of amides is 1. The number of Topliss-reactive ketones (excluding diaryl/α,β-unsaturated/α-hetero) is 1. The summed E-state index contributed by atoms with van der Waals surface area (Å²) in [7, 11) is 2.21. The molecule has 3 aliphatic heterocycles. The lowest BCUT2D eigenvalue weighted by Crippen LogP contribution is -2.55. The van der Waals surface area contributed by atoms with Crippen LogP contribution < -0.4 is 0 Å². The van der Waals surface area contributed by atoms with Crippen molar-refractivity contribution in [2.75, 3.05) is 13.6 Å². The van der Waals surface area contributed by atoms with E-state index in [2.05, 4.69) is 11.9 Å². The molecule has 0 N–H and O–H groups in total. The van der Waals surface area contributed by atoms with Gasteiger partial charge in [-0.2, -0.15) is 0 Å². The average molecular weight is 236 g/mol. The summed E-state index contributed by atoms with van der Waals surface area (Å²) < 4.78 is 0. The molecule has 0 saturated carbocycles.